The van der Waals surface area contributed by atoms with Gasteiger partial charge < -0.3 is 4.74 Å². The number of fused-ring (bicyclic) bond motifs is 1. The van der Waals surface area contributed by atoms with Crippen LogP contribution in [0.4, 0.5) is 4.39 Å². The SMILES string of the molecule is Cc1nc(COc2ncccn2)sc1-c1cccc(-c2cc(F)c3nnn(C)c3c2)n1. The molecule has 0 amide bonds. The number of rotatable bonds is 5. The summed E-state index contributed by atoms with van der Waals surface area (Å²) in [6, 6.07) is 11.0. The van der Waals surface area contributed by atoms with Crippen molar-refractivity contribution in [2.45, 2.75) is 13.5 Å². The van der Waals surface area contributed by atoms with Crippen LogP contribution in [0.25, 0.3) is 32.9 Å². The number of halogens is 1. The highest BCUT2D eigenvalue weighted by molar-refractivity contribution is 7.15. The molecule has 0 saturated heterocycles. The van der Waals surface area contributed by atoms with Crippen molar-refractivity contribution in [1.82, 2.24) is 34.9 Å². The average molecular weight is 433 g/mol. The fourth-order valence-corrected chi connectivity index (χ4v) is 4.15. The van der Waals surface area contributed by atoms with Crippen LogP contribution >= 0.6 is 11.3 Å². The van der Waals surface area contributed by atoms with Crippen LogP contribution in [0.5, 0.6) is 6.01 Å². The van der Waals surface area contributed by atoms with Crippen LogP contribution in [-0.2, 0) is 13.7 Å². The minimum absolute atomic E-state index is 0.243. The fourth-order valence-electron chi connectivity index (χ4n) is 3.20. The van der Waals surface area contributed by atoms with E-state index in [9.17, 15) is 4.39 Å². The molecule has 5 rings (SSSR count). The van der Waals surface area contributed by atoms with Crippen LogP contribution in [0.1, 0.15) is 10.7 Å². The van der Waals surface area contributed by atoms with E-state index in [2.05, 4.69) is 25.3 Å². The first-order valence-corrected chi connectivity index (χ1v) is 10.2. The Balaban J connectivity index is 1.45. The van der Waals surface area contributed by atoms with Crippen LogP contribution in [0.15, 0.2) is 48.8 Å². The lowest BCUT2D eigenvalue weighted by Crippen LogP contribution is -1.98. The van der Waals surface area contributed by atoms with E-state index in [1.807, 2.05) is 31.2 Å². The van der Waals surface area contributed by atoms with Gasteiger partial charge in [0.2, 0.25) is 0 Å². The monoisotopic (exact) mass is 433 g/mol. The first-order chi connectivity index (χ1) is 15.1. The Kier molecular flexibility index (Phi) is 4.83. The Hall–Kier alpha value is -3.79. The largest absolute Gasteiger partial charge is 0.456 e. The van der Waals surface area contributed by atoms with Gasteiger partial charge in [0.1, 0.15) is 17.1 Å². The third-order valence-electron chi connectivity index (χ3n) is 4.66. The average Bonchev–Trinajstić information content (AvgIpc) is 3.36. The molecule has 0 unspecified atom stereocenters. The minimum Gasteiger partial charge on any atom is -0.456 e. The van der Waals surface area contributed by atoms with Crippen molar-refractivity contribution in [2.75, 3.05) is 0 Å². The lowest BCUT2D eigenvalue weighted by atomic mass is 10.1. The van der Waals surface area contributed by atoms with Crippen LogP contribution in [-0.4, -0.2) is 34.9 Å². The molecule has 10 heteroatoms. The molecule has 5 aromatic rings. The highest BCUT2D eigenvalue weighted by Crippen LogP contribution is 2.31. The quantitative estimate of drug-likeness (QED) is 0.414. The van der Waals surface area contributed by atoms with Gasteiger partial charge in [-0.1, -0.05) is 11.3 Å². The number of hydrogen-bond acceptors (Lipinski definition) is 8. The predicted molar refractivity (Wildman–Crippen MR) is 114 cm³/mol. The van der Waals surface area contributed by atoms with Crippen molar-refractivity contribution >= 4 is 22.4 Å². The van der Waals surface area contributed by atoms with Crippen LogP contribution < -0.4 is 4.74 Å². The molecule has 4 aromatic heterocycles. The number of hydrogen-bond donors (Lipinski definition) is 0. The zero-order chi connectivity index (χ0) is 21.4. The highest BCUT2D eigenvalue weighted by atomic mass is 32.1. The summed E-state index contributed by atoms with van der Waals surface area (Å²) < 4.78 is 21.6. The molecule has 0 aliphatic rings. The molecular weight excluding hydrogens is 417 g/mol. The van der Waals surface area contributed by atoms with E-state index in [1.165, 1.54) is 17.4 Å². The van der Waals surface area contributed by atoms with Gasteiger partial charge in [0, 0.05) is 25.0 Å². The van der Waals surface area contributed by atoms with E-state index in [1.54, 1.807) is 30.2 Å². The number of ether oxygens (including phenoxy) is 1. The second-order valence-electron chi connectivity index (χ2n) is 6.79. The number of pyridine rings is 1. The van der Waals surface area contributed by atoms with Crippen molar-refractivity contribution in [1.29, 1.82) is 0 Å². The van der Waals surface area contributed by atoms with Gasteiger partial charge in [0.05, 0.1) is 27.5 Å². The van der Waals surface area contributed by atoms with E-state index in [0.717, 1.165) is 21.3 Å². The molecule has 0 radical (unpaired) electrons. The van der Waals surface area contributed by atoms with Crippen molar-refractivity contribution in [3.63, 3.8) is 0 Å². The van der Waals surface area contributed by atoms with E-state index < -0.39 is 5.82 Å². The van der Waals surface area contributed by atoms with E-state index in [4.69, 9.17) is 9.72 Å². The normalized spacial score (nSPS) is 11.2. The summed E-state index contributed by atoms with van der Waals surface area (Å²) in [5.74, 6) is -0.427. The van der Waals surface area contributed by atoms with Crippen LogP contribution in [0, 0.1) is 12.7 Å². The highest BCUT2D eigenvalue weighted by Gasteiger charge is 2.15. The maximum absolute atomic E-state index is 14.5. The van der Waals surface area contributed by atoms with Gasteiger partial charge in [-0.3, -0.25) is 0 Å². The Morgan fingerprint density at radius 2 is 1.87 bits per heavy atom. The molecule has 4 heterocycles. The summed E-state index contributed by atoms with van der Waals surface area (Å²) in [5, 5.41) is 8.54. The van der Waals surface area contributed by atoms with Gasteiger partial charge in [-0.05, 0) is 37.3 Å². The molecule has 0 bridgehead atoms. The van der Waals surface area contributed by atoms with Gasteiger partial charge in [-0.25, -0.2) is 29.0 Å². The lowest BCUT2D eigenvalue weighted by molar-refractivity contribution is 0.280. The number of benzene rings is 1. The van der Waals surface area contributed by atoms with Crippen molar-refractivity contribution in [3.05, 3.63) is 65.3 Å². The zero-order valence-corrected chi connectivity index (χ0v) is 17.5. The maximum Gasteiger partial charge on any atom is 0.316 e. The molecule has 0 aliphatic heterocycles. The topological polar surface area (TPSA) is 91.5 Å². The zero-order valence-electron chi connectivity index (χ0n) is 16.7. The Morgan fingerprint density at radius 1 is 1.06 bits per heavy atom. The van der Waals surface area contributed by atoms with Gasteiger partial charge in [0.25, 0.3) is 0 Å². The van der Waals surface area contributed by atoms with Gasteiger partial charge in [-0.2, -0.15) is 0 Å². The van der Waals surface area contributed by atoms with E-state index in [-0.39, 0.29) is 12.1 Å². The molecule has 0 saturated carbocycles. The molecule has 31 heavy (non-hydrogen) atoms. The van der Waals surface area contributed by atoms with Crippen molar-refractivity contribution in [3.8, 4) is 27.8 Å². The molecule has 0 spiro atoms. The predicted octanol–water partition coefficient (Wildman–Crippen LogP) is 3.97. The molecule has 0 aliphatic carbocycles. The Bertz CT molecular complexity index is 1380. The lowest BCUT2D eigenvalue weighted by Gasteiger charge is -2.05. The number of nitrogens with zero attached hydrogens (tertiary/aromatic N) is 7. The summed E-state index contributed by atoms with van der Waals surface area (Å²) in [6.45, 7) is 2.19. The molecule has 8 nitrogen and oxygen atoms in total. The summed E-state index contributed by atoms with van der Waals surface area (Å²) in [7, 11) is 1.73. The third kappa shape index (κ3) is 3.73. The summed E-state index contributed by atoms with van der Waals surface area (Å²) in [6.07, 6.45) is 3.25. The molecule has 0 atom stereocenters. The van der Waals surface area contributed by atoms with E-state index in [0.29, 0.717) is 22.8 Å². The molecular formula is C21H16FN7OS. The first-order valence-electron chi connectivity index (χ1n) is 9.41. The van der Waals surface area contributed by atoms with Crippen molar-refractivity contribution < 1.29 is 9.13 Å². The summed E-state index contributed by atoms with van der Waals surface area (Å²) in [4.78, 5) is 18.4. The Morgan fingerprint density at radius 3 is 2.71 bits per heavy atom. The second kappa shape index (κ2) is 7.80. The molecule has 0 N–H and O–H groups in total. The van der Waals surface area contributed by atoms with E-state index >= 15 is 0 Å². The van der Waals surface area contributed by atoms with Crippen molar-refractivity contribution in [2.24, 2.45) is 7.05 Å². The smallest absolute Gasteiger partial charge is 0.316 e. The van der Waals surface area contributed by atoms with Gasteiger partial charge >= 0.3 is 6.01 Å². The third-order valence-corrected chi connectivity index (χ3v) is 5.81. The summed E-state index contributed by atoms with van der Waals surface area (Å²) >= 11 is 1.49. The van der Waals surface area contributed by atoms with Gasteiger partial charge in [0.15, 0.2) is 5.82 Å². The first kappa shape index (κ1) is 19.2. The number of aryl methyl sites for hydroxylation is 2. The maximum atomic E-state index is 14.5. The standard InChI is InChI=1S/C21H16FN7OS/c1-12-20(31-18(25-12)11-30-21-23-7-4-8-24-21)16-6-3-5-15(26-16)13-9-14(22)19-17(10-13)29(2)28-27-19/h3-10H,11H2,1-2H3. The Labute approximate surface area is 180 Å². The van der Waals surface area contributed by atoms with Gasteiger partial charge in [-0.15, -0.1) is 16.4 Å². The van der Waals surface area contributed by atoms with Crippen LogP contribution in [0.2, 0.25) is 0 Å². The molecule has 1 aromatic carbocycles. The molecule has 0 fully saturated rings. The fraction of sp³-hybridized carbons (Fsp3) is 0.143. The number of aromatic nitrogens is 7. The minimum atomic E-state index is -0.427. The van der Waals surface area contributed by atoms with Crippen LogP contribution in [0.3, 0.4) is 0 Å². The summed E-state index contributed by atoms with van der Waals surface area (Å²) in [5.41, 5.74) is 3.77. The molecule has 154 valence electrons. The number of thiazole rings is 1. The second-order valence-corrected chi connectivity index (χ2v) is 7.87.